The molecule has 0 saturated carbocycles. The van der Waals surface area contributed by atoms with Gasteiger partial charge in [-0.05, 0) is 42.7 Å². The van der Waals surface area contributed by atoms with Crippen molar-refractivity contribution in [1.29, 1.82) is 0 Å². The first-order chi connectivity index (χ1) is 13.2. The minimum absolute atomic E-state index is 0.0525. The highest BCUT2D eigenvalue weighted by Crippen LogP contribution is 2.28. The summed E-state index contributed by atoms with van der Waals surface area (Å²) >= 11 is 0. The summed E-state index contributed by atoms with van der Waals surface area (Å²) in [6.45, 7) is 1.82. The minimum Gasteiger partial charge on any atom is -0.339 e. The second-order valence-electron chi connectivity index (χ2n) is 6.64. The maximum absolute atomic E-state index is 12.7. The molecule has 0 bridgehead atoms. The Hall–Kier alpha value is -3.06. The first-order valence-corrected chi connectivity index (χ1v) is 9.08. The van der Waals surface area contributed by atoms with Crippen LogP contribution in [0.25, 0.3) is 11.5 Å². The molecule has 3 aromatic rings. The molecule has 1 aliphatic rings. The first-order valence-electron chi connectivity index (χ1n) is 9.08. The lowest BCUT2D eigenvalue weighted by Crippen LogP contribution is -2.38. The number of nitrogens with two attached hydrogens (primary N) is 1. The van der Waals surface area contributed by atoms with E-state index in [1.165, 1.54) is 0 Å². The van der Waals surface area contributed by atoms with Crippen molar-refractivity contribution < 1.29 is 9.32 Å². The topological polar surface area (TPSA) is 98.1 Å². The van der Waals surface area contributed by atoms with Gasteiger partial charge in [0.2, 0.25) is 11.7 Å². The van der Waals surface area contributed by atoms with Crippen LogP contribution in [-0.4, -0.2) is 39.0 Å². The van der Waals surface area contributed by atoms with Crippen molar-refractivity contribution >= 4 is 5.91 Å². The Morgan fingerprint density at radius 2 is 1.93 bits per heavy atom. The number of carbonyl (C=O) groups excluding carboxylic acids is 1. The van der Waals surface area contributed by atoms with Gasteiger partial charge in [0.1, 0.15) is 5.69 Å². The largest absolute Gasteiger partial charge is 0.339 e. The monoisotopic (exact) mass is 363 g/mol. The van der Waals surface area contributed by atoms with E-state index in [-0.39, 0.29) is 11.8 Å². The zero-order chi connectivity index (χ0) is 18.6. The van der Waals surface area contributed by atoms with Gasteiger partial charge in [-0.1, -0.05) is 23.4 Å². The lowest BCUT2D eigenvalue weighted by atomic mass is 9.96. The van der Waals surface area contributed by atoms with E-state index in [1.54, 1.807) is 6.20 Å². The number of hydrogen-bond acceptors (Lipinski definition) is 6. The van der Waals surface area contributed by atoms with E-state index < -0.39 is 0 Å². The molecule has 0 spiro atoms. The number of likely N-dealkylation sites (tertiary alicyclic amines) is 1. The van der Waals surface area contributed by atoms with Crippen molar-refractivity contribution in [1.82, 2.24) is 20.0 Å². The van der Waals surface area contributed by atoms with Crippen LogP contribution < -0.4 is 5.73 Å². The molecule has 1 aromatic carbocycles. The summed E-state index contributed by atoms with van der Waals surface area (Å²) in [6, 6.07) is 13.1. The molecule has 1 amide bonds. The summed E-state index contributed by atoms with van der Waals surface area (Å²) in [5, 5.41) is 4.04. The van der Waals surface area contributed by atoms with Crippen LogP contribution in [0.15, 0.2) is 53.2 Å². The van der Waals surface area contributed by atoms with E-state index in [0.717, 1.165) is 18.4 Å². The molecule has 7 heteroatoms. The molecule has 0 unspecified atom stereocenters. The van der Waals surface area contributed by atoms with E-state index in [2.05, 4.69) is 15.1 Å². The molecule has 7 nitrogen and oxygen atoms in total. The van der Waals surface area contributed by atoms with Crippen LogP contribution >= 0.6 is 0 Å². The van der Waals surface area contributed by atoms with Crippen LogP contribution in [0.5, 0.6) is 0 Å². The average molecular weight is 363 g/mol. The molecule has 0 aliphatic carbocycles. The summed E-state index contributed by atoms with van der Waals surface area (Å²) in [6.07, 6.45) is 3.31. The van der Waals surface area contributed by atoms with Gasteiger partial charge < -0.3 is 15.2 Å². The minimum atomic E-state index is 0.0525. The third kappa shape index (κ3) is 3.73. The van der Waals surface area contributed by atoms with Crippen molar-refractivity contribution in [2.45, 2.75) is 25.3 Å². The van der Waals surface area contributed by atoms with Gasteiger partial charge in [0.25, 0.3) is 5.91 Å². The number of carbonyl (C=O) groups is 1. The van der Waals surface area contributed by atoms with Crippen molar-refractivity contribution in [2.24, 2.45) is 5.73 Å². The van der Waals surface area contributed by atoms with Gasteiger partial charge in [0.15, 0.2) is 0 Å². The molecular weight excluding hydrogens is 342 g/mol. The van der Waals surface area contributed by atoms with Gasteiger partial charge in [-0.15, -0.1) is 0 Å². The quantitative estimate of drug-likeness (QED) is 0.765. The van der Waals surface area contributed by atoms with Crippen LogP contribution in [0.3, 0.4) is 0 Å². The van der Waals surface area contributed by atoms with Gasteiger partial charge >= 0.3 is 0 Å². The summed E-state index contributed by atoms with van der Waals surface area (Å²) in [5.41, 5.74) is 8.02. The summed E-state index contributed by atoms with van der Waals surface area (Å²) in [5.74, 6) is 1.34. The zero-order valence-corrected chi connectivity index (χ0v) is 14.9. The molecule has 1 saturated heterocycles. The molecule has 2 N–H and O–H groups in total. The Morgan fingerprint density at radius 1 is 1.15 bits per heavy atom. The van der Waals surface area contributed by atoms with Crippen LogP contribution in [0, 0.1) is 0 Å². The van der Waals surface area contributed by atoms with Gasteiger partial charge in [0, 0.05) is 37.3 Å². The summed E-state index contributed by atoms with van der Waals surface area (Å²) < 4.78 is 5.45. The van der Waals surface area contributed by atoms with Crippen molar-refractivity contribution in [3.05, 3.63) is 65.7 Å². The molecule has 4 rings (SSSR count). The fourth-order valence-electron chi connectivity index (χ4n) is 3.30. The Balaban J connectivity index is 1.39. The first kappa shape index (κ1) is 17.4. The van der Waals surface area contributed by atoms with Gasteiger partial charge in [-0.25, -0.2) is 0 Å². The highest BCUT2D eigenvalue weighted by Gasteiger charge is 2.28. The predicted octanol–water partition coefficient (Wildman–Crippen LogP) is 2.61. The smallest absolute Gasteiger partial charge is 0.253 e. The van der Waals surface area contributed by atoms with Crippen LogP contribution in [0.2, 0.25) is 0 Å². The maximum atomic E-state index is 12.7. The molecule has 0 radical (unpaired) electrons. The molecule has 27 heavy (non-hydrogen) atoms. The number of piperidine rings is 1. The number of aromatic nitrogens is 3. The molecule has 2 aromatic heterocycles. The van der Waals surface area contributed by atoms with Crippen LogP contribution in [-0.2, 0) is 6.54 Å². The Morgan fingerprint density at radius 3 is 2.59 bits per heavy atom. The third-order valence-electron chi connectivity index (χ3n) is 4.90. The molecule has 1 aliphatic heterocycles. The Labute approximate surface area is 157 Å². The van der Waals surface area contributed by atoms with Gasteiger partial charge in [0.05, 0.1) is 0 Å². The molecule has 1 fully saturated rings. The second kappa shape index (κ2) is 7.67. The number of rotatable bonds is 4. The predicted molar refractivity (Wildman–Crippen MR) is 99.7 cm³/mol. The number of benzene rings is 1. The number of hydrogen-bond donors (Lipinski definition) is 1. The van der Waals surface area contributed by atoms with Crippen molar-refractivity contribution in [2.75, 3.05) is 13.1 Å². The SMILES string of the molecule is NCc1ccc(C(=O)N2CCC(c3nc(-c4ccccn4)no3)CC2)cc1. The van der Waals surface area contributed by atoms with E-state index >= 15 is 0 Å². The van der Waals surface area contributed by atoms with E-state index in [1.807, 2.05) is 47.4 Å². The van der Waals surface area contributed by atoms with E-state index in [9.17, 15) is 4.79 Å². The molecule has 0 atom stereocenters. The van der Waals surface area contributed by atoms with E-state index in [4.69, 9.17) is 10.3 Å². The molecular formula is C20H21N5O2. The number of pyridine rings is 1. The number of amides is 1. The average Bonchev–Trinajstić information content (AvgIpc) is 3.24. The Bertz CT molecular complexity index is 900. The summed E-state index contributed by atoms with van der Waals surface area (Å²) in [4.78, 5) is 23.3. The van der Waals surface area contributed by atoms with Crippen LogP contribution in [0.1, 0.15) is 40.6 Å². The standard InChI is InChI=1S/C20H21N5O2/c21-13-14-4-6-16(7-5-14)20(26)25-11-8-15(9-12-25)19-23-18(24-27-19)17-3-1-2-10-22-17/h1-7,10,15H,8-9,11-13,21H2. The van der Waals surface area contributed by atoms with Crippen LogP contribution in [0.4, 0.5) is 0 Å². The molecule has 3 heterocycles. The lowest BCUT2D eigenvalue weighted by molar-refractivity contribution is 0.0704. The van der Waals surface area contributed by atoms with Gasteiger partial charge in [-0.2, -0.15) is 4.98 Å². The highest BCUT2D eigenvalue weighted by atomic mass is 16.5. The fraction of sp³-hybridized carbons (Fsp3) is 0.300. The summed E-state index contributed by atoms with van der Waals surface area (Å²) in [7, 11) is 0. The molecule has 138 valence electrons. The normalized spacial score (nSPS) is 15.1. The van der Waals surface area contributed by atoms with Gasteiger partial charge in [-0.3, -0.25) is 9.78 Å². The highest BCUT2D eigenvalue weighted by molar-refractivity contribution is 5.94. The second-order valence-corrected chi connectivity index (χ2v) is 6.64. The van der Waals surface area contributed by atoms with E-state index in [0.29, 0.717) is 42.6 Å². The zero-order valence-electron chi connectivity index (χ0n) is 14.9. The third-order valence-corrected chi connectivity index (χ3v) is 4.90. The Kier molecular flexibility index (Phi) is 4.93. The lowest BCUT2D eigenvalue weighted by Gasteiger charge is -2.30. The maximum Gasteiger partial charge on any atom is 0.253 e. The van der Waals surface area contributed by atoms with Crippen molar-refractivity contribution in [3.63, 3.8) is 0 Å². The number of nitrogens with zero attached hydrogens (tertiary/aromatic N) is 4. The van der Waals surface area contributed by atoms with Crippen molar-refractivity contribution in [3.8, 4) is 11.5 Å². The fourth-order valence-corrected chi connectivity index (χ4v) is 3.30.